The molecule has 1 aliphatic rings. The largest absolute Gasteiger partial charge is 0.298 e. The smallest absolute Gasteiger partial charge is 0.184 e. The maximum atomic E-state index is 13.4. The lowest BCUT2D eigenvalue weighted by Gasteiger charge is -2.03. The molecule has 0 radical (unpaired) electrons. The minimum Gasteiger partial charge on any atom is -0.298 e. The molecule has 1 aromatic carbocycles. The van der Waals surface area contributed by atoms with E-state index in [4.69, 9.17) is 0 Å². The molecule has 0 heterocycles. The molecule has 0 aliphatic heterocycles. The normalized spacial score (nSPS) is 16.3. The third-order valence-corrected chi connectivity index (χ3v) is 4.65. The van der Waals surface area contributed by atoms with Gasteiger partial charge in [-0.05, 0) is 25.0 Å². The third-order valence-electron chi connectivity index (χ3n) is 2.36. The van der Waals surface area contributed by atoms with Crippen molar-refractivity contribution in [2.45, 2.75) is 23.0 Å². The first kappa shape index (κ1) is 10.3. The number of carbonyl (C=O) groups excluding carboxylic acids is 1. The summed E-state index contributed by atoms with van der Waals surface area (Å²) in [6.07, 6.45) is 1.67. The van der Waals surface area contributed by atoms with Gasteiger partial charge in [-0.15, -0.1) is 0 Å². The predicted molar refractivity (Wildman–Crippen MR) is 52.0 cm³/mol. The van der Waals surface area contributed by atoms with Gasteiger partial charge in [-0.25, -0.2) is 12.8 Å². The van der Waals surface area contributed by atoms with Crippen LogP contribution in [-0.4, -0.2) is 20.0 Å². The lowest BCUT2D eigenvalue weighted by Crippen LogP contribution is -2.09. The zero-order valence-electron chi connectivity index (χ0n) is 7.81. The zero-order chi connectivity index (χ0) is 11.1. The summed E-state index contributed by atoms with van der Waals surface area (Å²) in [6.45, 7) is 0. The molecule has 3 nitrogen and oxygen atoms in total. The van der Waals surface area contributed by atoms with Crippen LogP contribution in [0.2, 0.25) is 0 Å². The molecule has 0 atom stereocenters. The van der Waals surface area contributed by atoms with E-state index in [9.17, 15) is 17.6 Å². The Labute approximate surface area is 86.8 Å². The molecule has 15 heavy (non-hydrogen) atoms. The highest BCUT2D eigenvalue weighted by atomic mass is 32.2. The zero-order valence-corrected chi connectivity index (χ0v) is 8.63. The van der Waals surface area contributed by atoms with Crippen molar-refractivity contribution < 1.29 is 17.6 Å². The molecular weight excluding hydrogens is 219 g/mol. The second-order valence-corrected chi connectivity index (χ2v) is 5.75. The molecule has 80 valence electrons. The van der Waals surface area contributed by atoms with Crippen LogP contribution in [0.5, 0.6) is 0 Å². The van der Waals surface area contributed by atoms with Gasteiger partial charge in [0.1, 0.15) is 17.0 Å². The molecule has 1 fully saturated rings. The predicted octanol–water partition coefficient (Wildman–Crippen LogP) is 1.57. The minimum absolute atomic E-state index is 0.141. The molecule has 5 heteroatoms. The van der Waals surface area contributed by atoms with E-state index in [1.165, 1.54) is 6.07 Å². The van der Waals surface area contributed by atoms with Gasteiger partial charge in [0.15, 0.2) is 9.84 Å². The van der Waals surface area contributed by atoms with E-state index in [-0.39, 0.29) is 10.5 Å². The first-order valence-corrected chi connectivity index (χ1v) is 6.09. The highest BCUT2D eigenvalue weighted by Gasteiger charge is 2.38. The van der Waals surface area contributed by atoms with Crippen LogP contribution in [0.15, 0.2) is 23.1 Å². The number of hydrogen-bond donors (Lipinski definition) is 0. The van der Waals surface area contributed by atoms with Gasteiger partial charge in [-0.1, -0.05) is 6.07 Å². The van der Waals surface area contributed by atoms with Crippen LogP contribution in [0.25, 0.3) is 0 Å². The summed E-state index contributed by atoms with van der Waals surface area (Å²) in [5.41, 5.74) is 0.141. The van der Waals surface area contributed by atoms with E-state index in [1.807, 2.05) is 0 Å². The van der Waals surface area contributed by atoms with Crippen LogP contribution in [-0.2, 0) is 9.84 Å². The lowest BCUT2D eigenvalue weighted by molar-refractivity contribution is 0.112. The molecule has 0 aromatic heterocycles. The SMILES string of the molecule is O=Cc1ccc(S(=O)(=O)C2CC2)c(F)c1. The molecule has 0 N–H and O–H groups in total. The molecule has 1 aromatic rings. The lowest BCUT2D eigenvalue weighted by atomic mass is 10.2. The van der Waals surface area contributed by atoms with E-state index in [1.54, 1.807) is 0 Å². The molecule has 0 spiro atoms. The Hall–Kier alpha value is -1.23. The van der Waals surface area contributed by atoms with Crippen LogP contribution < -0.4 is 0 Å². The third kappa shape index (κ3) is 1.79. The van der Waals surface area contributed by atoms with Crippen molar-refractivity contribution in [3.05, 3.63) is 29.6 Å². The van der Waals surface area contributed by atoms with Crippen LogP contribution in [0.1, 0.15) is 23.2 Å². The molecule has 0 unspecified atom stereocenters. The number of sulfone groups is 1. The van der Waals surface area contributed by atoms with Gasteiger partial charge in [-0.3, -0.25) is 4.79 Å². The number of benzene rings is 1. The fourth-order valence-electron chi connectivity index (χ4n) is 1.38. The number of aldehydes is 1. The average molecular weight is 228 g/mol. The van der Waals surface area contributed by atoms with Gasteiger partial charge in [0, 0.05) is 5.56 Å². The van der Waals surface area contributed by atoms with Crippen LogP contribution >= 0.6 is 0 Å². The van der Waals surface area contributed by atoms with Crippen LogP contribution in [0.4, 0.5) is 4.39 Å². The van der Waals surface area contributed by atoms with Gasteiger partial charge in [-0.2, -0.15) is 0 Å². The Balaban J connectivity index is 2.49. The molecule has 1 saturated carbocycles. The summed E-state index contributed by atoms with van der Waals surface area (Å²) < 4.78 is 36.8. The number of rotatable bonds is 3. The monoisotopic (exact) mass is 228 g/mol. The van der Waals surface area contributed by atoms with Crippen molar-refractivity contribution in [2.24, 2.45) is 0 Å². The number of halogens is 1. The topological polar surface area (TPSA) is 51.2 Å². The Morgan fingerprint density at radius 1 is 1.33 bits per heavy atom. The summed E-state index contributed by atoms with van der Waals surface area (Å²) >= 11 is 0. The molecule has 2 rings (SSSR count). The summed E-state index contributed by atoms with van der Waals surface area (Å²) in [4.78, 5) is 10.1. The van der Waals surface area contributed by atoms with Gasteiger partial charge in [0.25, 0.3) is 0 Å². The Kier molecular flexibility index (Phi) is 2.34. The average Bonchev–Trinajstić information content (AvgIpc) is 3.00. The van der Waals surface area contributed by atoms with Gasteiger partial charge in [0.2, 0.25) is 0 Å². The van der Waals surface area contributed by atoms with Gasteiger partial charge in [0.05, 0.1) is 5.25 Å². The van der Waals surface area contributed by atoms with Gasteiger partial charge >= 0.3 is 0 Å². The quantitative estimate of drug-likeness (QED) is 0.738. The van der Waals surface area contributed by atoms with E-state index >= 15 is 0 Å². The van der Waals surface area contributed by atoms with E-state index in [2.05, 4.69) is 0 Å². The maximum absolute atomic E-state index is 13.4. The maximum Gasteiger partial charge on any atom is 0.184 e. The van der Waals surface area contributed by atoms with Crippen molar-refractivity contribution in [3.8, 4) is 0 Å². The standard InChI is InChI=1S/C10H9FO3S/c11-9-5-7(6-12)1-4-10(9)15(13,14)8-2-3-8/h1,4-6,8H,2-3H2. The fraction of sp³-hybridized carbons (Fsp3) is 0.300. The summed E-state index contributed by atoms with van der Waals surface area (Å²) in [5, 5.41) is -0.436. The summed E-state index contributed by atoms with van der Waals surface area (Å²) in [7, 11) is -3.51. The van der Waals surface area contributed by atoms with E-state index in [0.29, 0.717) is 19.1 Å². The molecule has 0 amide bonds. The molecule has 0 saturated heterocycles. The number of hydrogen-bond acceptors (Lipinski definition) is 3. The fourth-order valence-corrected chi connectivity index (χ4v) is 3.08. The first-order valence-electron chi connectivity index (χ1n) is 4.54. The molecule has 0 bridgehead atoms. The Bertz CT molecular complexity index is 503. The van der Waals surface area contributed by atoms with E-state index in [0.717, 1.165) is 12.1 Å². The molecular formula is C10H9FO3S. The summed E-state index contributed by atoms with van der Waals surface area (Å²) in [6, 6.07) is 3.42. The highest BCUT2D eigenvalue weighted by molar-refractivity contribution is 7.92. The van der Waals surface area contributed by atoms with Crippen molar-refractivity contribution in [1.82, 2.24) is 0 Å². The Morgan fingerprint density at radius 3 is 2.47 bits per heavy atom. The summed E-state index contributed by atoms with van der Waals surface area (Å²) in [5.74, 6) is -0.841. The van der Waals surface area contributed by atoms with Crippen molar-refractivity contribution in [1.29, 1.82) is 0 Å². The van der Waals surface area contributed by atoms with Gasteiger partial charge < -0.3 is 0 Å². The Morgan fingerprint density at radius 2 is 2.00 bits per heavy atom. The minimum atomic E-state index is -3.51. The molecule has 1 aliphatic carbocycles. The van der Waals surface area contributed by atoms with Crippen molar-refractivity contribution in [2.75, 3.05) is 0 Å². The van der Waals surface area contributed by atoms with E-state index < -0.39 is 20.9 Å². The van der Waals surface area contributed by atoms with Crippen LogP contribution in [0, 0.1) is 5.82 Å². The van der Waals surface area contributed by atoms with Crippen molar-refractivity contribution in [3.63, 3.8) is 0 Å². The first-order chi connectivity index (χ1) is 7.05. The van der Waals surface area contributed by atoms with Crippen LogP contribution in [0.3, 0.4) is 0 Å². The second-order valence-electron chi connectivity index (χ2n) is 3.55. The highest BCUT2D eigenvalue weighted by Crippen LogP contribution is 2.34. The second kappa shape index (κ2) is 3.41. The van der Waals surface area contributed by atoms with Crippen molar-refractivity contribution >= 4 is 16.1 Å². The number of carbonyl (C=O) groups is 1.